The summed E-state index contributed by atoms with van der Waals surface area (Å²) in [4.78, 5) is 24.5. The molecule has 0 unspecified atom stereocenters. The number of hydrogen-bond acceptors (Lipinski definition) is 6. The molecule has 0 aromatic heterocycles. The van der Waals surface area contributed by atoms with Gasteiger partial charge in [0.05, 0.1) is 0 Å². The molecule has 0 saturated heterocycles. The van der Waals surface area contributed by atoms with Crippen LogP contribution in [0.3, 0.4) is 0 Å². The molecule has 0 bridgehead atoms. The van der Waals surface area contributed by atoms with Gasteiger partial charge in [0, 0.05) is 13.0 Å². The van der Waals surface area contributed by atoms with Gasteiger partial charge < -0.3 is 18.6 Å². The Kier molecular flexibility index (Phi) is 13.6. The topological polar surface area (TPSA) is 71.1 Å². The van der Waals surface area contributed by atoms with Crippen LogP contribution in [0, 0.1) is 17.8 Å². The fourth-order valence-electron chi connectivity index (χ4n) is 7.78. The summed E-state index contributed by atoms with van der Waals surface area (Å²) in [7, 11) is -1.81. The second-order valence-electron chi connectivity index (χ2n) is 13.3. The van der Waals surface area contributed by atoms with Crippen LogP contribution in [-0.4, -0.2) is 39.1 Å². The molecular weight excluding hydrogens is 580 g/mol. The number of hydrogen-bond donors (Lipinski definition) is 0. The van der Waals surface area contributed by atoms with E-state index in [0.29, 0.717) is 17.8 Å². The number of carbonyl (C=O) groups is 2. The van der Waals surface area contributed by atoms with Gasteiger partial charge in [-0.3, -0.25) is 4.79 Å². The van der Waals surface area contributed by atoms with Crippen LogP contribution in [0.25, 0.3) is 0 Å². The molecule has 45 heavy (non-hydrogen) atoms. The molecule has 1 fully saturated rings. The first-order chi connectivity index (χ1) is 21.8. The van der Waals surface area contributed by atoms with Crippen molar-refractivity contribution >= 4 is 20.3 Å². The highest BCUT2D eigenvalue weighted by atomic mass is 28.4. The van der Waals surface area contributed by atoms with Crippen molar-refractivity contribution in [3.05, 3.63) is 65.2 Å². The summed E-state index contributed by atoms with van der Waals surface area (Å²) in [6.07, 6.45) is 9.50. The number of carbonyl (C=O) groups excluding carboxylic acids is 2. The lowest BCUT2D eigenvalue weighted by Crippen LogP contribution is -2.42. The minimum atomic E-state index is -1.81. The van der Waals surface area contributed by atoms with Crippen LogP contribution >= 0.6 is 0 Å². The zero-order valence-corrected chi connectivity index (χ0v) is 29.4. The Morgan fingerprint density at radius 3 is 2.36 bits per heavy atom. The molecule has 6 nitrogen and oxygen atoms in total. The van der Waals surface area contributed by atoms with Gasteiger partial charge in [0.2, 0.25) is 0 Å². The van der Waals surface area contributed by atoms with Gasteiger partial charge in [0.1, 0.15) is 18.5 Å². The third-order valence-corrected chi connectivity index (χ3v) is 15.2. The van der Waals surface area contributed by atoms with Gasteiger partial charge in [-0.25, -0.2) is 4.79 Å². The maximum atomic E-state index is 12.5. The Balaban J connectivity index is 1.47. The van der Waals surface area contributed by atoms with Crippen molar-refractivity contribution in [2.75, 3.05) is 6.61 Å². The monoisotopic (exact) mass is 636 g/mol. The van der Waals surface area contributed by atoms with Crippen molar-refractivity contribution in [3.63, 3.8) is 0 Å². The molecule has 1 saturated carbocycles. The van der Waals surface area contributed by atoms with E-state index in [9.17, 15) is 9.59 Å². The molecule has 4 rings (SSSR count). The number of benzene rings is 2. The molecule has 0 radical (unpaired) electrons. The molecular formula is C38H56O6Si. The van der Waals surface area contributed by atoms with E-state index in [0.717, 1.165) is 80.8 Å². The van der Waals surface area contributed by atoms with Gasteiger partial charge in [0.15, 0.2) is 14.9 Å². The molecule has 0 aliphatic heterocycles. The third kappa shape index (κ3) is 9.68. The largest absolute Gasteiger partial charge is 0.482 e. The smallest absolute Gasteiger partial charge is 0.344 e. The normalized spacial score (nSPS) is 21.4. The number of fused-ring (bicyclic) bond motifs is 2. The Bertz CT molecular complexity index is 1200. The average Bonchev–Trinajstić information content (AvgIpc) is 3.38. The van der Waals surface area contributed by atoms with Crippen molar-refractivity contribution in [2.45, 2.75) is 129 Å². The predicted octanol–water partition coefficient (Wildman–Crippen LogP) is 8.84. The van der Waals surface area contributed by atoms with E-state index in [1.807, 2.05) is 36.4 Å². The zero-order chi connectivity index (χ0) is 32.2. The predicted molar refractivity (Wildman–Crippen MR) is 182 cm³/mol. The van der Waals surface area contributed by atoms with Crippen molar-refractivity contribution in [3.8, 4) is 5.75 Å². The zero-order valence-electron chi connectivity index (χ0n) is 28.4. The summed E-state index contributed by atoms with van der Waals surface area (Å²) >= 11 is 0. The maximum Gasteiger partial charge on any atom is 0.344 e. The number of rotatable bonds is 18. The molecule has 0 spiro atoms. The highest BCUT2D eigenvalue weighted by molar-refractivity contribution is 6.73. The van der Waals surface area contributed by atoms with Gasteiger partial charge in [-0.2, -0.15) is 0 Å². The Morgan fingerprint density at radius 2 is 1.67 bits per heavy atom. The first-order valence-electron chi connectivity index (χ1n) is 17.6. The highest BCUT2D eigenvalue weighted by Crippen LogP contribution is 2.50. The van der Waals surface area contributed by atoms with Crippen molar-refractivity contribution in [1.29, 1.82) is 0 Å². The minimum absolute atomic E-state index is 0.0168. The number of unbranched alkanes of at least 4 members (excludes halogenated alkanes) is 2. The maximum absolute atomic E-state index is 12.5. The van der Waals surface area contributed by atoms with Crippen LogP contribution in [0.5, 0.6) is 5.75 Å². The summed E-state index contributed by atoms with van der Waals surface area (Å²) < 4.78 is 24.7. The molecule has 248 valence electrons. The van der Waals surface area contributed by atoms with Gasteiger partial charge in [-0.05, 0) is 104 Å². The van der Waals surface area contributed by atoms with Crippen molar-refractivity contribution < 1.29 is 28.2 Å². The van der Waals surface area contributed by atoms with E-state index < -0.39 is 8.32 Å². The van der Waals surface area contributed by atoms with Crippen LogP contribution in [0.2, 0.25) is 18.1 Å². The van der Waals surface area contributed by atoms with Crippen LogP contribution in [0.4, 0.5) is 0 Å². The summed E-state index contributed by atoms with van der Waals surface area (Å²) in [5, 5.41) is 0. The number of ether oxygens (including phenoxy) is 3. The van der Waals surface area contributed by atoms with E-state index in [1.54, 1.807) is 0 Å². The molecule has 2 aromatic rings. The highest BCUT2D eigenvalue weighted by Gasteiger charge is 2.48. The van der Waals surface area contributed by atoms with E-state index in [2.05, 4.69) is 39.8 Å². The first-order valence-corrected chi connectivity index (χ1v) is 20.1. The Labute approximate surface area is 272 Å². The molecule has 2 aromatic carbocycles. The molecule has 0 heterocycles. The molecule has 2 aliphatic carbocycles. The summed E-state index contributed by atoms with van der Waals surface area (Å²) in [5.74, 6) is 1.74. The average molecular weight is 637 g/mol. The first kappa shape index (κ1) is 35.2. The van der Waals surface area contributed by atoms with Crippen molar-refractivity contribution in [2.24, 2.45) is 17.8 Å². The van der Waals surface area contributed by atoms with E-state index in [1.165, 1.54) is 24.5 Å². The lowest BCUT2D eigenvalue weighted by Gasteiger charge is -2.36. The third-order valence-electron chi connectivity index (χ3n) is 10.5. The fourth-order valence-corrected chi connectivity index (χ4v) is 10.7. The van der Waals surface area contributed by atoms with E-state index >= 15 is 0 Å². The van der Waals surface area contributed by atoms with Crippen LogP contribution < -0.4 is 4.74 Å². The molecule has 0 amide bonds. The van der Waals surface area contributed by atoms with Gasteiger partial charge in [-0.1, -0.05) is 83.0 Å². The quantitative estimate of drug-likeness (QED) is 0.0925. The SMILES string of the molecule is CCCCC[C@@H](CC[C@@H]1[C@H]2Cc3cccc(OCC(=O)OCc4ccccc4)c3C[C@H]2C[C@H]1O[Si](CC)(CC)CC)OC(C)=O. The Hall–Kier alpha value is -2.64. The molecule has 7 heteroatoms. The van der Waals surface area contributed by atoms with Crippen LogP contribution in [-0.2, 0) is 42.9 Å². The van der Waals surface area contributed by atoms with E-state index in [-0.39, 0.29) is 37.4 Å². The van der Waals surface area contributed by atoms with Crippen LogP contribution in [0.1, 0.15) is 96.3 Å². The molecule has 5 atom stereocenters. The van der Waals surface area contributed by atoms with Gasteiger partial charge in [-0.15, -0.1) is 0 Å². The van der Waals surface area contributed by atoms with E-state index in [4.69, 9.17) is 18.6 Å². The second kappa shape index (κ2) is 17.3. The van der Waals surface area contributed by atoms with Gasteiger partial charge >= 0.3 is 11.9 Å². The molecule has 2 aliphatic rings. The summed E-state index contributed by atoms with van der Waals surface area (Å²) in [6.45, 7) is 10.8. The lowest BCUT2D eigenvalue weighted by atomic mass is 9.73. The summed E-state index contributed by atoms with van der Waals surface area (Å²) in [5.41, 5.74) is 3.51. The van der Waals surface area contributed by atoms with Crippen molar-refractivity contribution in [1.82, 2.24) is 0 Å². The molecule has 0 N–H and O–H groups in total. The summed E-state index contributed by atoms with van der Waals surface area (Å²) in [6, 6.07) is 19.4. The lowest BCUT2D eigenvalue weighted by molar-refractivity contribution is -0.148. The minimum Gasteiger partial charge on any atom is -0.482 e. The van der Waals surface area contributed by atoms with Crippen LogP contribution in [0.15, 0.2) is 48.5 Å². The van der Waals surface area contributed by atoms with Gasteiger partial charge in [0.25, 0.3) is 0 Å². The fraction of sp³-hybridized carbons (Fsp3) is 0.632. The Morgan fingerprint density at radius 1 is 0.911 bits per heavy atom. The number of esters is 2. The second-order valence-corrected chi connectivity index (χ2v) is 18.0. The standard InChI is InChI=1S/C38H56O6Si/c1-6-10-12-19-32(43-28(5)39)21-22-33-34-23-30-18-15-20-36(41-27-38(40)42-26-29-16-13-11-14-17-29)35(30)24-31(34)25-37(33)44-45(7-2,8-3)9-4/h11,13-18,20,31-34,37H,6-10,12,19,21-27H2,1-5H3/t31-,32-,33+,34-,37+/m0/s1.